The Morgan fingerprint density at radius 3 is 2.42 bits per heavy atom. The maximum Gasteiger partial charge on any atom is 0.271 e. The molecule has 2 N–H and O–H groups in total. The monoisotopic (exact) mass is 379 g/mol. The van der Waals surface area contributed by atoms with E-state index in [1.807, 2.05) is 24.3 Å². The first kappa shape index (κ1) is 16.8. The zero-order valence-electron chi connectivity index (χ0n) is 12.5. The van der Waals surface area contributed by atoms with Gasteiger partial charge in [0.2, 0.25) is 0 Å². The maximum atomic E-state index is 12.4. The summed E-state index contributed by atoms with van der Waals surface area (Å²) in [6.45, 7) is 1.78. The molecule has 0 aliphatic carbocycles. The molecule has 122 valence electrons. The van der Waals surface area contributed by atoms with Crippen molar-refractivity contribution in [3.05, 3.63) is 68.8 Å². The van der Waals surface area contributed by atoms with E-state index in [-0.39, 0.29) is 5.91 Å². The van der Waals surface area contributed by atoms with Gasteiger partial charge in [-0.3, -0.25) is 20.6 Å². The fourth-order valence-electron chi connectivity index (χ4n) is 2.29. The van der Waals surface area contributed by atoms with Crippen LogP contribution >= 0.6 is 34.8 Å². The van der Waals surface area contributed by atoms with E-state index in [4.69, 9.17) is 34.8 Å². The topological polar surface area (TPSA) is 54.0 Å². The number of fused-ring (bicyclic) bond motifs is 1. The van der Waals surface area contributed by atoms with E-state index in [1.54, 1.807) is 13.0 Å². The van der Waals surface area contributed by atoms with E-state index < -0.39 is 0 Å². The molecule has 0 bridgehead atoms. The number of hydrogen-bond donors (Lipinski definition) is 2. The summed E-state index contributed by atoms with van der Waals surface area (Å²) in [5.41, 5.74) is 7.61. The minimum absolute atomic E-state index is 0.307. The number of carbonyl (C=O) groups excluding carboxylic acids is 1. The third-order valence-corrected chi connectivity index (χ3v) is 4.28. The number of anilines is 1. The number of hydrazine groups is 1. The molecule has 0 radical (unpaired) electrons. The van der Waals surface area contributed by atoms with Crippen LogP contribution in [-0.2, 0) is 0 Å². The van der Waals surface area contributed by atoms with E-state index >= 15 is 0 Å². The molecule has 7 heteroatoms. The Hall–Kier alpha value is -2.01. The molecule has 1 aromatic heterocycles. The standard InChI is InChI=1S/C17H12Cl3N3O/c1-9-12(6-10-4-2-3-5-15(10)21-9)17(24)23-22-16-13(19)7-11(18)8-14(16)20/h2-8,22H,1H3,(H,23,24). The Kier molecular flexibility index (Phi) is 4.81. The highest BCUT2D eigenvalue weighted by molar-refractivity contribution is 6.41. The van der Waals surface area contributed by atoms with Crippen molar-refractivity contribution in [1.82, 2.24) is 10.4 Å². The van der Waals surface area contributed by atoms with Gasteiger partial charge in [-0.25, -0.2) is 0 Å². The number of halogens is 3. The molecule has 3 rings (SSSR count). The lowest BCUT2D eigenvalue weighted by Crippen LogP contribution is -2.30. The van der Waals surface area contributed by atoms with Gasteiger partial charge >= 0.3 is 0 Å². The number of para-hydroxylation sites is 1. The largest absolute Gasteiger partial charge is 0.295 e. The number of nitrogens with one attached hydrogen (secondary N) is 2. The van der Waals surface area contributed by atoms with Gasteiger partial charge in [-0.15, -0.1) is 0 Å². The van der Waals surface area contributed by atoms with Crippen LogP contribution in [0.4, 0.5) is 5.69 Å². The van der Waals surface area contributed by atoms with Gasteiger partial charge in [0.1, 0.15) is 0 Å². The Balaban J connectivity index is 1.84. The summed E-state index contributed by atoms with van der Waals surface area (Å²) < 4.78 is 0. The first-order chi connectivity index (χ1) is 11.5. The first-order valence-corrected chi connectivity index (χ1v) is 8.16. The van der Waals surface area contributed by atoms with E-state index in [2.05, 4.69) is 15.8 Å². The van der Waals surface area contributed by atoms with E-state index in [0.29, 0.717) is 32.0 Å². The summed E-state index contributed by atoms with van der Waals surface area (Å²) in [6, 6.07) is 12.5. The third-order valence-electron chi connectivity index (χ3n) is 3.47. The second kappa shape index (κ2) is 6.85. The molecular formula is C17H12Cl3N3O. The van der Waals surface area contributed by atoms with Crippen molar-refractivity contribution >= 4 is 57.3 Å². The van der Waals surface area contributed by atoms with Crippen LogP contribution in [0.5, 0.6) is 0 Å². The predicted octanol–water partition coefficient (Wildman–Crippen LogP) is 5.26. The number of rotatable bonds is 3. The highest BCUT2D eigenvalue weighted by atomic mass is 35.5. The molecule has 1 heterocycles. The lowest BCUT2D eigenvalue weighted by molar-refractivity contribution is 0.0962. The van der Waals surface area contributed by atoms with Crippen molar-refractivity contribution < 1.29 is 4.79 Å². The highest BCUT2D eigenvalue weighted by Crippen LogP contribution is 2.33. The summed E-state index contributed by atoms with van der Waals surface area (Å²) in [5, 5.41) is 1.91. The number of amides is 1. The van der Waals surface area contributed by atoms with Crippen molar-refractivity contribution in [2.45, 2.75) is 6.92 Å². The van der Waals surface area contributed by atoms with Gasteiger partial charge < -0.3 is 0 Å². The van der Waals surface area contributed by atoms with Crippen molar-refractivity contribution in [2.75, 3.05) is 5.43 Å². The number of nitrogens with zero attached hydrogens (tertiary/aromatic N) is 1. The predicted molar refractivity (Wildman–Crippen MR) is 99.0 cm³/mol. The summed E-state index contributed by atoms with van der Waals surface area (Å²) in [7, 11) is 0. The van der Waals surface area contributed by atoms with E-state index in [9.17, 15) is 4.79 Å². The Labute approximate surface area is 153 Å². The molecule has 1 amide bonds. The number of carbonyl (C=O) groups is 1. The van der Waals surface area contributed by atoms with E-state index in [1.165, 1.54) is 12.1 Å². The smallest absolute Gasteiger partial charge is 0.271 e. The van der Waals surface area contributed by atoms with Gasteiger partial charge in [0.15, 0.2) is 0 Å². The summed E-state index contributed by atoms with van der Waals surface area (Å²) >= 11 is 18.0. The van der Waals surface area contributed by atoms with Gasteiger partial charge in [0, 0.05) is 10.4 Å². The fourth-order valence-corrected chi connectivity index (χ4v) is 3.20. The lowest BCUT2D eigenvalue weighted by Gasteiger charge is -2.13. The summed E-state index contributed by atoms with van der Waals surface area (Å²) in [6.07, 6.45) is 0. The molecule has 0 spiro atoms. The van der Waals surface area contributed by atoms with Crippen LogP contribution in [0.3, 0.4) is 0 Å². The molecule has 0 fully saturated rings. The quantitative estimate of drug-likeness (QED) is 0.609. The maximum absolute atomic E-state index is 12.4. The minimum Gasteiger partial charge on any atom is -0.295 e. The van der Waals surface area contributed by atoms with Crippen LogP contribution in [0.1, 0.15) is 16.1 Å². The Morgan fingerprint density at radius 2 is 1.71 bits per heavy atom. The Morgan fingerprint density at radius 1 is 1.04 bits per heavy atom. The molecule has 4 nitrogen and oxygen atoms in total. The van der Waals surface area contributed by atoms with Crippen LogP contribution < -0.4 is 10.9 Å². The number of pyridine rings is 1. The van der Waals surface area contributed by atoms with Crippen molar-refractivity contribution in [2.24, 2.45) is 0 Å². The number of aromatic nitrogens is 1. The second-order valence-corrected chi connectivity index (χ2v) is 6.39. The van der Waals surface area contributed by atoms with Gasteiger partial charge in [0.25, 0.3) is 5.91 Å². The summed E-state index contributed by atoms with van der Waals surface area (Å²) in [5.74, 6) is -0.340. The average molecular weight is 381 g/mol. The molecular weight excluding hydrogens is 369 g/mol. The van der Waals surface area contributed by atoms with Crippen molar-refractivity contribution in [3.8, 4) is 0 Å². The molecule has 0 unspecified atom stereocenters. The summed E-state index contributed by atoms with van der Waals surface area (Å²) in [4.78, 5) is 16.9. The van der Waals surface area contributed by atoms with Crippen molar-refractivity contribution in [3.63, 3.8) is 0 Å². The van der Waals surface area contributed by atoms with Crippen LogP contribution in [0.2, 0.25) is 15.1 Å². The molecule has 24 heavy (non-hydrogen) atoms. The fraction of sp³-hybridized carbons (Fsp3) is 0.0588. The van der Waals surface area contributed by atoms with Crippen molar-refractivity contribution in [1.29, 1.82) is 0 Å². The Bertz CT molecular complexity index is 921. The van der Waals surface area contributed by atoms with Gasteiger partial charge in [0.05, 0.1) is 32.5 Å². The van der Waals surface area contributed by atoms with Gasteiger partial charge in [-0.1, -0.05) is 53.0 Å². The van der Waals surface area contributed by atoms with Crippen LogP contribution in [0.25, 0.3) is 10.9 Å². The zero-order valence-corrected chi connectivity index (χ0v) is 14.8. The molecule has 0 aliphatic heterocycles. The molecule has 0 aliphatic rings. The lowest BCUT2D eigenvalue weighted by atomic mass is 10.1. The van der Waals surface area contributed by atoms with Gasteiger partial charge in [-0.05, 0) is 31.2 Å². The molecule has 0 saturated carbocycles. The molecule has 0 saturated heterocycles. The first-order valence-electron chi connectivity index (χ1n) is 7.03. The van der Waals surface area contributed by atoms with Crippen LogP contribution in [-0.4, -0.2) is 10.9 Å². The van der Waals surface area contributed by atoms with Gasteiger partial charge in [-0.2, -0.15) is 0 Å². The second-order valence-electron chi connectivity index (χ2n) is 5.14. The van der Waals surface area contributed by atoms with E-state index in [0.717, 1.165) is 10.9 Å². The molecule has 3 aromatic rings. The number of hydrogen-bond acceptors (Lipinski definition) is 3. The third kappa shape index (κ3) is 3.41. The molecule has 0 atom stereocenters. The minimum atomic E-state index is -0.340. The zero-order chi connectivity index (χ0) is 17.3. The number of aryl methyl sites for hydroxylation is 1. The van der Waals surface area contributed by atoms with Crippen LogP contribution in [0.15, 0.2) is 42.5 Å². The SMILES string of the molecule is Cc1nc2ccccc2cc1C(=O)NNc1c(Cl)cc(Cl)cc1Cl. The normalized spacial score (nSPS) is 10.7. The highest BCUT2D eigenvalue weighted by Gasteiger charge is 2.13. The molecule has 2 aromatic carbocycles. The number of benzene rings is 2. The van der Waals surface area contributed by atoms with Crippen LogP contribution in [0, 0.1) is 6.92 Å². The average Bonchev–Trinajstić information content (AvgIpc) is 2.53.